The molecule has 0 N–H and O–H groups in total. The number of hydrogen-bond acceptors (Lipinski definition) is 0. The summed E-state index contributed by atoms with van der Waals surface area (Å²) in [5.74, 6) is 0. The average molecular weight is 166 g/mol. The van der Waals surface area contributed by atoms with E-state index in [9.17, 15) is 0 Å². The van der Waals surface area contributed by atoms with Crippen LogP contribution in [-0.4, -0.2) is 0 Å². The molecule has 0 spiro atoms. The molecule has 0 heteroatoms. The highest BCUT2D eigenvalue weighted by Gasteiger charge is 2.15. The number of hydrogen-bond donors (Lipinski definition) is 0. The smallest absolute Gasteiger partial charge is 0.0133 e. The fourth-order valence-corrected chi connectivity index (χ4v) is 1.40. The molecule has 0 nitrogen and oxygen atoms in total. The van der Waals surface area contributed by atoms with Crippen LogP contribution in [-0.2, 0) is 0 Å². The van der Waals surface area contributed by atoms with Gasteiger partial charge in [-0.3, -0.25) is 0 Å². The Morgan fingerprint density at radius 2 is 1.33 bits per heavy atom. The van der Waals surface area contributed by atoms with Crippen LogP contribution >= 0.6 is 0 Å². The van der Waals surface area contributed by atoms with E-state index < -0.39 is 0 Å². The van der Waals surface area contributed by atoms with Crippen LogP contribution in [0.2, 0.25) is 0 Å². The molecule has 0 aromatic rings. The highest BCUT2D eigenvalue weighted by atomic mass is 14.2. The van der Waals surface area contributed by atoms with Gasteiger partial charge in [0.1, 0.15) is 0 Å². The van der Waals surface area contributed by atoms with Crippen molar-refractivity contribution in [1.82, 2.24) is 0 Å². The first-order valence-electron chi connectivity index (χ1n) is 4.58. The lowest BCUT2D eigenvalue weighted by Crippen LogP contribution is -2.09. The second kappa shape index (κ2) is 3.93. The molecule has 0 unspecified atom stereocenters. The van der Waals surface area contributed by atoms with Crippen LogP contribution in [0.4, 0.5) is 0 Å². The summed E-state index contributed by atoms with van der Waals surface area (Å²) in [6.07, 6.45) is 2.29. The quantitative estimate of drug-likeness (QED) is 0.508. The second-order valence-corrected chi connectivity index (χ2v) is 4.89. The van der Waals surface area contributed by atoms with Gasteiger partial charge in [0.05, 0.1) is 0 Å². The lowest BCUT2D eigenvalue weighted by Gasteiger charge is -2.22. The third kappa shape index (κ3) is 3.75. The van der Waals surface area contributed by atoms with E-state index in [0.29, 0.717) is 0 Å². The van der Waals surface area contributed by atoms with Crippen molar-refractivity contribution >= 4 is 0 Å². The molecule has 0 aliphatic carbocycles. The molecule has 0 saturated heterocycles. The summed E-state index contributed by atoms with van der Waals surface area (Å²) in [6.45, 7) is 15.4. The maximum absolute atomic E-state index is 2.29. The molecule has 0 saturated carbocycles. The standard InChI is InChI=1S/C12H22/c1-9(2)8-11(10(3)4)12(5,6)7/h8H,1-7H3. The van der Waals surface area contributed by atoms with Gasteiger partial charge >= 0.3 is 0 Å². The second-order valence-electron chi connectivity index (χ2n) is 4.89. The van der Waals surface area contributed by atoms with Gasteiger partial charge in [-0.05, 0) is 38.7 Å². The van der Waals surface area contributed by atoms with Gasteiger partial charge in [-0.1, -0.05) is 38.0 Å². The van der Waals surface area contributed by atoms with Crippen LogP contribution in [0.3, 0.4) is 0 Å². The Morgan fingerprint density at radius 3 is 1.42 bits per heavy atom. The van der Waals surface area contributed by atoms with Crippen molar-refractivity contribution in [1.29, 1.82) is 0 Å². The molecule has 0 aliphatic rings. The number of rotatable bonds is 1. The van der Waals surface area contributed by atoms with Crippen molar-refractivity contribution in [3.63, 3.8) is 0 Å². The topological polar surface area (TPSA) is 0 Å². The van der Waals surface area contributed by atoms with Crippen molar-refractivity contribution in [2.45, 2.75) is 48.5 Å². The van der Waals surface area contributed by atoms with E-state index >= 15 is 0 Å². The largest absolute Gasteiger partial charge is 0.0761 e. The normalized spacial score (nSPS) is 10.9. The average Bonchev–Trinajstić information content (AvgIpc) is 1.79. The van der Waals surface area contributed by atoms with E-state index in [1.807, 2.05) is 0 Å². The molecule has 0 atom stereocenters. The third-order valence-electron chi connectivity index (χ3n) is 1.78. The van der Waals surface area contributed by atoms with Gasteiger partial charge in [0, 0.05) is 0 Å². The van der Waals surface area contributed by atoms with E-state index in [-0.39, 0.29) is 5.41 Å². The van der Waals surface area contributed by atoms with Gasteiger partial charge in [0.25, 0.3) is 0 Å². The van der Waals surface area contributed by atoms with Crippen molar-refractivity contribution < 1.29 is 0 Å². The maximum Gasteiger partial charge on any atom is -0.0133 e. The van der Waals surface area contributed by atoms with E-state index in [0.717, 1.165) is 0 Å². The summed E-state index contributed by atoms with van der Waals surface area (Å²) < 4.78 is 0. The molecule has 0 radical (unpaired) electrons. The SMILES string of the molecule is CC(C)=CC(=C(C)C)C(C)(C)C. The molecule has 0 aliphatic heterocycles. The molecular weight excluding hydrogens is 144 g/mol. The summed E-state index contributed by atoms with van der Waals surface area (Å²) in [5, 5.41) is 0. The fraction of sp³-hybridized carbons (Fsp3) is 0.667. The van der Waals surface area contributed by atoms with Crippen LogP contribution in [0.25, 0.3) is 0 Å². The van der Waals surface area contributed by atoms with Gasteiger partial charge in [-0.25, -0.2) is 0 Å². The maximum atomic E-state index is 2.29. The molecule has 12 heavy (non-hydrogen) atoms. The van der Waals surface area contributed by atoms with Crippen LogP contribution in [0.15, 0.2) is 22.8 Å². The van der Waals surface area contributed by atoms with E-state index in [1.54, 1.807) is 0 Å². The zero-order valence-corrected chi connectivity index (χ0v) is 9.58. The molecule has 0 amide bonds. The van der Waals surface area contributed by atoms with Gasteiger partial charge in [0.2, 0.25) is 0 Å². The van der Waals surface area contributed by atoms with Crippen LogP contribution < -0.4 is 0 Å². The Balaban J connectivity index is 4.99. The first-order chi connectivity index (χ1) is 5.25. The molecule has 0 aromatic heterocycles. The Kier molecular flexibility index (Phi) is 3.76. The Bertz CT molecular complexity index is 201. The molecule has 0 heterocycles. The van der Waals surface area contributed by atoms with Crippen molar-refractivity contribution in [2.75, 3.05) is 0 Å². The number of allylic oxidation sites excluding steroid dienone is 4. The predicted octanol–water partition coefficient (Wildman–Crippen LogP) is 4.34. The van der Waals surface area contributed by atoms with Gasteiger partial charge < -0.3 is 0 Å². The monoisotopic (exact) mass is 166 g/mol. The van der Waals surface area contributed by atoms with Crippen LogP contribution in [0.5, 0.6) is 0 Å². The summed E-state index contributed by atoms with van der Waals surface area (Å²) in [6, 6.07) is 0. The molecular formula is C12H22. The van der Waals surface area contributed by atoms with E-state index in [4.69, 9.17) is 0 Å². The van der Waals surface area contributed by atoms with Crippen molar-refractivity contribution in [3.8, 4) is 0 Å². The molecule has 0 rings (SSSR count). The molecule has 0 fully saturated rings. The Labute approximate surface area is 77.4 Å². The minimum Gasteiger partial charge on any atom is -0.0761 e. The summed E-state index contributed by atoms with van der Waals surface area (Å²) in [4.78, 5) is 0. The molecule has 70 valence electrons. The minimum atomic E-state index is 0.274. The Hall–Kier alpha value is -0.520. The molecule has 0 aromatic carbocycles. The van der Waals surface area contributed by atoms with Crippen molar-refractivity contribution in [3.05, 3.63) is 22.8 Å². The highest BCUT2D eigenvalue weighted by Crippen LogP contribution is 2.29. The van der Waals surface area contributed by atoms with Crippen LogP contribution in [0.1, 0.15) is 48.5 Å². The van der Waals surface area contributed by atoms with Gasteiger partial charge in [-0.2, -0.15) is 0 Å². The fourth-order valence-electron chi connectivity index (χ4n) is 1.40. The highest BCUT2D eigenvalue weighted by molar-refractivity contribution is 5.30. The lowest BCUT2D eigenvalue weighted by molar-refractivity contribution is 0.511. The first-order valence-corrected chi connectivity index (χ1v) is 4.58. The van der Waals surface area contributed by atoms with E-state index in [2.05, 4.69) is 54.5 Å². The van der Waals surface area contributed by atoms with E-state index in [1.165, 1.54) is 16.7 Å². The lowest BCUT2D eigenvalue weighted by atomic mass is 9.83. The zero-order valence-electron chi connectivity index (χ0n) is 9.58. The molecule has 0 bridgehead atoms. The Morgan fingerprint density at radius 1 is 0.917 bits per heavy atom. The summed E-state index contributed by atoms with van der Waals surface area (Å²) in [5.41, 5.74) is 4.53. The first kappa shape index (κ1) is 11.5. The summed E-state index contributed by atoms with van der Waals surface area (Å²) >= 11 is 0. The van der Waals surface area contributed by atoms with Gasteiger partial charge in [-0.15, -0.1) is 0 Å². The van der Waals surface area contributed by atoms with Crippen molar-refractivity contribution in [2.24, 2.45) is 5.41 Å². The zero-order chi connectivity index (χ0) is 9.94. The minimum absolute atomic E-state index is 0.274. The summed E-state index contributed by atoms with van der Waals surface area (Å²) in [7, 11) is 0. The third-order valence-corrected chi connectivity index (χ3v) is 1.78. The predicted molar refractivity (Wildman–Crippen MR) is 57.3 cm³/mol. The van der Waals surface area contributed by atoms with Gasteiger partial charge in [0.15, 0.2) is 0 Å². The van der Waals surface area contributed by atoms with Crippen LogP contribution in [0, 0.1) is 5.41 Å².